The highest BCUT2D eigenvalue weighted by Gasteiger charge is 2.59. The summed E-state index contributed by atoms with van der Waals surface area (Å²) in [5.74, 6) is -4.98. The van der Waals surface area contributed by atoms with E-state index in [2.05, 4.69) is 6.58 Å². The minimum Gasteiger partial charge on any atom is -0.363 e. The second-order valence-electron chi connectivity index (χ2n) is 5.75. The maximum atomic E-state index is 12.4. The monoisotopic (exact) mass is 325 g/mol. The van der Waals surface area contributed by atoms with E-state index in [4.69, 9.17) is 14.2 Å². The van der Waals surface area contributed by atoms with Crippen LogP contribution in [0.25, 0.3) is 0 Å². The number of alkyl halides is 3. The van der Waals surface area contributed by atoms with Crippen LogP contribution in [0.4, 0.5) is 13.2 Å². The Kier molecular flexibility index (Phi) is 4.29. The molecule has 2 N–H and O–H groups in total. The van der Waals surface area contributed by atoms with Crippen LogP contribution in [0.3, 0.4) is 0 Å². The van der Waals surface area contributed by atoms with Crippen LogP contribution in [-0.4, -0.2) is 53.6 Å². The van der Waals surface area contributed by atoms with Crippen LogP contribution in [-0.2, 0) is 19.0 Å². The van der Waals surface area contributed by atoms with E-state index in [1.165, 1.54) is 6.08 Å². The van der Waals surface area contributed by atoms with Crippen molar-refractivity contribution < 1.29 is 37.3 Å². The Bertz CT molecular complexity index is 467. The van der Waals surface area contributed by atoms with E-state index in [-0.39, 0.29) is 13.0 Å². The summed E-state index contributed by atoms with van der Waals surface area (Å²) < 4.78 is 53.5. The molecular weight excluding hydrogens is 307 g/mol. The fourth-order valence-electron chi connectivity index (χ4n) is 2.60. The Hall–Kier alpha value is -1.16. The number of halogens is 3. The quantitative estimate of drug-likeness (QED) is 0.752. The molecule has 0 saturated carbocycles. The van der Waals surface area contributed by atoms with Gasteiger partial charge in [-0.2, -0.15) is 13.2 Å². The zero-order valence-corrected chi connectivity index (χ0v) is 12.1. The molecule has 0 bridgehead atoms. The SMILES string of the molecule is C=CCC1(O)OC[C@H](NC(=O)C(F)(F)F)[C@@H]2OC(C)(C)O[C@@H]21. The Labute approximate surface area is 125 Å². The molecule has 0 radical (unpaired) electrons. The van der Waals surface area contributed by atoms with E-state index in [1.54, 1.807) is 13.8 Å². The average molecular weight is 325 g/mol. The van der Waals surface area contributed by atoms with E-state index in [0.717, 1.165) is 0 Å². The van der Waals surface area contributed by atoms with Crippen molar-refractivity contribution >= 4 is 5.91 Å². The molecule has 2 aliphatic heterocycles. The third-order valence-electron chi connectivity index (χ3n) is 3.49. The van der Waals surface area contributed by atoms with Gasteiger partial charge in [-0.25, -0.2) is 0 Å². The summed E-state index contributed by atoms with van der Waals surface area (Å²) >= 11 is 0. The van der Waals surface area contributed by atoms with Crippen molar-refractivity contribution in [1.29, 1.82) is 0 Å². The number of aliphatic hydroxyl groups is 1. The molecule has 2 fully saturated rings. The highest BCUT2D eigenvalue weighted by Crippen LogP contribution is 2.41. The summed E-state index contributed by atoms with van der Waals surface area (Å²) in [5.41, 5.74) is 0. The second kappa shape index (κ2) is 5.48. The molecule has 0 aromatic carbocycles. The zero-order chi connectivity index (χ0) is 16.8. The molecule has 2 rings (SSSR count). The maximum absolute atomic E-state index is 12.4. The number of hydrogen-bond acceptors (Lipinski definition) is 5. The molecule has 0 aliphatic carbocycles. The molecule has 0 aromatic rings. The molecule has 6 nitrogen and oxygen atoms in total. The molecule has 22 heavy (non-hydrogen) atoms. The van der Waals surface area contributed by atoms with Gasteiger partial charge in [0.2, 0.25) is 0 Å². The van der Waals surface area contributed by atoms with Crippen LogP contribution in [0.5, 0.6) is 0 Å². The van der Waals surface area contributed by atoms with Crippen molar-refractivity contribution in [2.45, 2.75) is 56.3 Å². The molecule has 1 unspecified atom stereocenters. The minimum absolute atomic E-state index is 0.00748. The molecule has 0 aromatic heterocycles. The third kappa shape index (κ3) is 3.27. The van der Waals surface area contributed by atoms with E-state index in [9.17, 15) is 23.1 Å². The highest BCUT2D eigenvalue weighted by atomic mass is 19.4. The van der Waals surface area contributed by atoms with E-state index in [1.807, 2.05) is 5.32 Å². The van der Waals surface area contributed by atoms with Crippen molar-refractivity contribution in [3.63, 3.8) is 0 Å². The van der Waals surface area contributed by atoms with E-state index < -0.39 is 41.9 Å². The summed E-state index contributed by atoms with van der Waals surface area (Å²) in [6.45, 7) is 6.27. The largest absolute Gasteiger partial charge is 0.471 e. The first kappa shape index (κ1) is 17.2. The summed E-state index contributed by atoms with van der Waals surface area (Å²) in [4.78, 5) is 11.1. The number of carbonyl (C=O) groups excluding carboxylic acids is 1. The maximum Gasteiger partial charge on any atom is 0.471 e. The topological polar surface area (TPSA) is 77.0 Å². The van der Waals surface area contributed by atoms with Gasteiger partial charge >= 0.3 is 12.1 Å². The van der Waals surface area contributed by atoms with Crippen LogP contribution >= 0.6 is 0 Å². The van der Waals surface area contributed by atoms with Gasteiger partial charge < -0.3 is 24.6 Å². The summed E-state index contributed by atoms with van der Waals surface area (Å²) in [5, 5.41) is 12.3. The van der Waals surface area contributed by atoms with Crippen molar-refractivity contribution in [2.75, 3.05) is 6.61 Å². The highest BCUT2D eigenvalue weighted by molar-refractivity contribution is 5.82. The number of nitrogens with one attached hydrogen (secondary N) is 1. The van der Waals surface area contributed by atoms with Crippen LogP contribution in [0.2, 0.25) is 0 Å². The van der Waals surface area contributed by atoms with Crippen LogP contribution in [0.15, 0.2) is 12.7 Å². The molecule has 9 heteroatoms. The number of fused-ring (bicyclic) bond motifs is 1. The van der Waals surface area contributed by atoms with Crippen LogP contribution in [0, 0.1) is 0 Å². The fourth-order valence-corrected chi connectivity index (χ4v) is 2.60. The fraction of sp³-hybridized carbons (Fsp3) is 0.769. The summed E-state index contributed by atoms with van der Waals surface area (Å²) in [6.07, 6.45) is -5.62. The normalized spacial score (nSPS) is 37.5. The lowest BCUT2D eigenvalue weighted by molar-refractivity contribution is -0.289. The second-order valence-corrected chi connectivity index (χ2v) is 5.75. The lowest BCUT2D eigenvalue weighted by Crippen LogP contribution is -2.64. The van der Waals surface area contributed by atoms with E-state index >= 15 is 0 Å². The van der Waals surface area contributed by atoms with Gasteiger partial charge in [0.1, 0.15) is 12.2 Å². The van der Waals surface area contributed by atoms with Gasteiger partial charge in [0.15, 0.2) is 11.6 Å². The lowest BCUT2D eigenvalue weighted by atomic mass is 9.93. The van der Waals surface area contributed by atoms with Gasteiger partial charge in [-0.1, -0.05) is 6.08 Å². The van der Waals surface area contributed by atoms with E-state index in [0.29, 0.717) is 0 Å². The van der Waals surface area contributed by atoms with Gasteiger partial charge in [-0.15, -0.1) is 6.58 Å². The van der Waals surface area contributed by atoms with Crippen molar-refractivity contribution in [3.05, 3.63) is 12.7 Å². The Morgan fingerprint density at radius 2 is 2.09 bits per heavy atom. The Morgan fingerprint density at radius 3 is 2.64 bits per heavy atom. The molecular formula is C13H18F3NO5. The van der Waals surface area contributed by atoms with Gasteiger partial charge in [-0.05, 0) is 13.8 Å². The number of amides is 1. The predicted octanol–water partition coefficient (Wildman–Crippen LogP) is 0.848. The average Bonchev–Trinajstić information content (AvgIpc) is 2.69. The first-order valence-corrected chi connectivity index (χ1v) is 6.69. The standard InChI is InChI=1S/C13H18F3NO5/c1-4-5-12(19)9-8(21-11(2,3)22-9)7(6-20-12)17-10(18)13(14,15)16/h4,7-9,19H,1,5-6H2,2-3H3,(H,17,18)/t7-,8-,9-,12?/m0/s1. The molecule has 2 heterocycles. The van der Waals surface area contributed by atoms with Crippen LogP contribution < -0.4 is 5.32 Å². The smallest absolute Gasteiger partial charge is 0.363 e. The van der Waals surface area contributed by atoms with Crippen molar-refractivity contribution in [2.24, 2.45) is 0 Å². The van der Waals surface area contributed by atoms with Gasteiger partial charge in [-0.3, -0.25) is 4.79 Å². The first-order chi connectivity index (χ1) is 9.98. The molecule has 126 valence electrons. The lowest BCUT2D eigenvalue weighted by Gasteiger charge is -2.42. The summed E-state index contributed by atoms with van der Waals surface area (Å²) in [7, 11) is 0. The minimum atomic E-state index is -5.01. The Morgan fingerprint density at radius 1 is 1.45 bits per heavy atom. The third-order valence-corrected chi connectivity index (χ3v) is 3.49. The zero-order valence-electron chi connectivity index (χ0n) is 12.1. The molecule has 1 amide bonds. The first-order valence-electron chi connectivity index (χ1n) is 6.69. The summed E-state index contributed by atoms with van der Waals surface area (Å²) in [6, 6.07) is -1.09. The van der Waals surface area contributed by atoms with Gasteiger partial charge in [0, 0.05) is 6.42 Å². The molecule has 4 atom stereocenters. The number of rotatable bonds is 3. The molecule has 2 saturated heterocycles. The molecule has 0 spiro atoms. The Balaban J connectivity index is 2.20. The molecule has 2 aliphatic rings. The van der Waals surface area contributed by atoms with Gasteiger partial charge in [0.05, 0.1) is 12.6 Å². The van der Waals surface area contributed by atoms with Crippen molar-refractivity contribution in [3.8, 4) is 0 Å². The van der Waals surface area contributed by atoms with Crippen LogP contribution in [0.1, 0.15) is 20.3 Å². The van der Waals surface area contributed by atoms with Crippen molar-refractivity contribution in [1.82, 2.24) is 5.32 Å². The number of carbonyl (C=O) groups is 1. The number of ether oxygens (including phenoxy) is 3. The predicted molar refractivity (Wildman–Crippen MR) is 67.5 cm³/mol. The van der Waals surface area contributed by atoms with Gasteiger partial charge in [0.25, 0.3) is 0 Å². The number of hydrogen-bond donors (Lipinski definition) is 2.